The summed E-state index contributed by atoms with van der Waals surface area (Å²) in [5, 5.41) is 9.42. The third-order valence-electron chi connectivity index (χ3n) is 4.70. The van der Waals surface area contributed by atoms with Gasteiger partial charge in [0.25, 0.3) is 0 Å². The Morgan fingerprint density at radius 3 is 2.68 bits per heavy atom. The summed E-state index contributed by atoms with van der Waals surface area (Å²) in [7, 11) is 0. The summed E-state index contributed by atoms with van der Waals surface area (Å²) >= 11 is 0. The number of imidazole rings is 1. The molecule has 0 saturated carbocycles. The standard InChI is InChI=1S/C17H18N2O3/c1-17(9-20)8-14-15(16(21)22-17)19(10-18-14)13-6-11-4-2-3-5-12(11)7-13/h2-5,10,13,20H,6-9H2,1H3. The van der Waals surface area contributed by atoms with Gasteiger partial charge in [0.1, 0.15) is 5.60 Å². The van der Waals surface area contributed by atoms with Crippen molar-refractivity contribution in [3.63, 3.8) is 0 Å². The van der Waals surface area contributed by atoms with Crippen LogP contribution in [0.4, 0.5) is 0 Å². The molecule has 0 radical (unpaired) electrons. The van der Waals surface area contributed by atoms with Gasteiger partial charge in [0.05, 0.1) is 18.6 Å². The highest BCUT2D eigenvalue weighted by molar-refractivity contribution is 5.90. The molecule has 2 heterocycles. The number of aliphatic hydroxyl groups excluding tert-OH is 1. The Morgan fingerprint density at radius 1 is 1.36 bits per heavy atom. The second kappa shape index (κ2) is 4.68. The molecule has 114 valence electrons. The number of fused-ring (bicyclic) bond motifs is 2. The van der Waals surface area contributed by atoms with Gasteiger partial charge in [0, 0.05) is 12.5 Å². The number of carbonyl (C=O) groups is 1. The van der Waals surface area contributed by atoms with E-state index < -0.39 is 5.60 Å². The number of nitrogens with zero attached hydrogens (tertiary/aromatic N) is 2. The fourth-order valence-corrected chi connectivity index (χ4v) is 3.51. The summed E-state index contributed by atoms with van der Waals surface area (Å²) in [5.74, 6) is -0.383. The molecule has 0 amide bonds. The van der Waals surface area contributed by atoms with Gasteiger partial charge in [-0.3, -0.25) is 0 Å². The Hall–Kier alpha value is -2.14. The summed E-state index contributed by atoms with van der Waals surface area (Å²) in [5.41, 5.74) is 3.08. The van der Waals surface area contributed by atoms with Gasteiger partial charge in [-0.1, -0.05) is 24.3 Å². The molecule has 0 spiro atoms. The largest absolute Gasteiger partial charge is 0.452 e. The van der Waals surface area contributed by atoms with Crippen molar-refractivity contribution in [3.8, 4) is 0 Å². The molecule has 1 atom stereocenters. The third-order valence-corrected chi connectivity index (χ3v) is 4.70. The number of aromatic nitrogens is 2. The number of benzene rings is 1. The van der Waals surface area contributed by atoms with Crippen LogP contribution in [-0.4, -0.2) is 32.8 Å². The number of hydrogen-bond acceptors (Lipinski definition) is 4. The Labute approximate surface area is 128 Å². The van der Waals surface area contributed by atoms with Crippen molar-refractivity contribution < 1.29 is 14.6 Å². The normalized spacial score (nSPS) is 24.0. The molecule has 4 rings (SSSR count). The van der Waals surface area contributed by atoms with Crippen molar-refractivity contribution in [2.24, 2.45) is 0 Å². The average Bonchev–Trinajstić information content (AvgIpc) is 3.10. The van der Waals surface area contributed by atoms with Crippen molar-refractivity contribution >= 4 is 5.97 Å². The molecule has 1 aliphatic carbocycles. The number of esters is 1. The van der Waals surface area contributed by atoms with E-state index in [4.69, 9.17) is 4.74 Å². The van der Waals surface area contributed by atoms with E-state index in [0.717, 1.165) is 18.5 Å². The van der Waals surface area contributed by atoms with Crippen LogP contribution in [0.15, 0.2) is 30.6 Å². The Bertz CT molecular complexity index is 727. The number of hydrogen-bond donors (Lipinski definition) is 1. The first-order chi connectivity index (χ1) is 10.6. The topological polar surface area (TPSA) is 64.4 Å². The lowest BCUT2D eigenvalue weighted by atomic mass is 9.97. The van der Waals surface area contributed by atoms with Gasteiger partial charge in [-0.2, -0.15) is 0 Å². The van der Waals surface area contributed by atoms with Crippen molar-refractivity contribution in [1.82, 2.24) is 9.55 Å². The number of aliphatic hydroxyl groups is 1. The molecular weight excluding hydrogens is 280 g/mol. The maximum atomic E-state index is 12.4. The van der Waals surface area contributed by atoms with E-state index in [9.17, 15) is 9.90 Å². The quantitative estimate of drug-likeness (QED) is 0.857. The van der Waals surface area contributed by atoms with Crippen LogP contribution >= 0.6 is 0 Å². The summed E-state index contributed by atoms with van der Waals surface area (Å²) in [4.78, 5) is 16.8. The summed E-state index contributed by atoms with van der Waals surface area (Å²) in [6, 6.07) is 8.58. The molecule has 1 aromatic heterocycles. The molecule has 1 unspecified atom stereocenters. The highest BCUT2D eigenvalue weighted by atomic mass is 16.6. The molecule has 2 aromatic rings. The van der Waals surface area contributed by atoms with Crippen LogP contribution in [0.1, 0.15) is 40.3 Å². The van der Waals surface area contributed by atoms with Crippen LogP contribution in [-0.2, 0) is 24.0 Å². The van der Waals surface area contributed by atoms with Crippen LogP contribution in [0.3, 0.4) is 0 Å². The fraction of sp³-hybridized carbons (Fsp3) is 0.412. The highest BCUT2D eigenvalue weighted by Crippen LogP contribution is 2.34. The van der Waals surface area contributed by atoms with Crippen LogP contribution in [0.25, 0.3) is 0 Å². The zero-order valence-corrected chi connectivity index (χ0v) is 12.5. The SMILES string of the molecule is CC1(CO)Cc2ncn(C3Cc4ccccc4C3)c2C(=O)O1. The fourth-order valence-electron chi connectivity index (χ4n) is 3.51. The van der Waals surface area contributed by atoms with Crippen molar-refractivity contribution in [2.45, 2.75) is 37.8 Å². The predicted octanol–water partition coefficient (Wildman–Crippen LogP) is 1.69. The van der Waals surface area contributed by atoms with Gasteiger partial charge in [0.15, 0.2) is 5.69 Å². The number of carbonyl (C=O) groups excluding carboxylic acids is 1. The maximum Gasteiger partial charge on any atom is 0.357 e. The van der Waals surface area contributed by atoms with Gasteiger partial charge >= 0.3 is 5.97 Å². The van der Waals surface area contributed by atoms with Crippen molar-refractivity contribution in [3.05, 3.63) is 53.1 Å². The smallest absolute Gasteiger partial charge is 0.357 e. The monoisotopic (exact) mass is 298 g/mol. The predicted molar refractivity (Wildman–Crippen MR) is 79.7 cm³/mol. The molecule has 1 aliphatic heterocycles. The number of rotatable bonds is 2. The van der Waals surface area contributed by atoms with E-state index in [1.54, 1.807) is 13.3 Å². The second-order valence-corrected chi connectivity index (χ2v) is 6.45. The Morgan fingerprint density at radius 2 is 2.05 bits per heavy atom. The summed E-state index contributed by atoms with van der Waals surface area (Å²) in [6.45, 7) is 1.54. The minimum absolute atomic E-state index is 0.195. The second-order valence-electron chi connectivity index (χ2n) is 6.45. The average molecular weight is 298 g/mol. The van der Waals surface area contributed by atoms with Crippen LogP contribution in [0.5, 0.6) is 0 Å². The molecule has 0 saturated heterocycles. The van der Waals surface area contributed by atoms with E-state index in [0.29, 0.717) is 12.1 Å². The van der Waals surface area contributed by atoms with E-state index in [2.05, 4.69) is 17.1 Å². The molecule has 22 heavy (non-hydrogen) atoms. The zero-order valence-electron chi connectivity index (χ0n) is 12.5. The molecule has 0 bridgehead atoms. The third kappa shape index (κ3) is 1.96. The molecule has 2 aliphatic rings. The minimum atomic E-state index is -0.859. The minimum Gasteiger partial charge on any atom is -0.452 e. The van der Waals surface area contributed by atoms with Crippen LogP contribution in [0, 0.1) is 0 Å². The summed E-state index contributed by atoms with van der Waals surface area (Å²) < 4.78 is 7.39. The van der Waals surface area contributed by atoms with Crippen molar-refractivity contribution in [1.29, 1.82) is 0 Å². The van der Waals surface area contributed by atoms with E-state index in [1.165, 1.54) is 11.1 Å². The van der Waals surface area contributed by atoms with Crippen molar-refractivity contribution in [2.75, 3.05) is 6.61 Å². The van der Waals surface area contributed by atoms with E-state index in [1.807, 2.05) is 16.7 Å². The first-order valence-corrected chi connectivity index (χ1v) is 7.56. The molecule has 5 heteroatoms. The van der Waals surface area contributed by atoms with Crippen LogP contribution < -0.4 is 0 Å². The first kappa shape index (κ1) is 13.5. The molecular formula is C17H18N2O3. The van der Waals surface area contributed by atoms with Gasteiger partial charge in [-0.15, -0.1) is 0 Å². The van der Waals surface area contributed by atoms with Gasteiger partial charge in [0.2, 0.25) is 0 Å². The Balaban J connectivity index is 1.68. The highest BCUT2D eigenvalue weighted by Gasteiger charge is 2.40. The Kier molecular flexibility index (Phi) is 2.87. The van der Waals surface area contributed by atoms with Gasteiger partial charge in [-0.25, -0.2) is 9.78 Å². The van der Waals surface area contributed by atoms with E-state index >= 15 is 0 Å². The lowest BCUT2D eigenvalue weighted by molar-refractivity contribution is -0.0438. The van der Waals surface area contributed by atoms with E-state index in [-0.39, 0.29) is 18.6 Å². The number of cyclic esters (lactones) is 1. The van der Waals surface area contributed by atoms with Gasteiger partial charge in [-0.05, 0) is 30.9 Å². The molecule has 1 aromatic carbocycles. The zero-order chi connectivity index (χ0) is 15.3. The first-order valence-electron chi connectivity index (χ1n) is 7.56. The molecule has 5 nitrogen and oxygen atoms in total. The molecule has 0 fully saturated rings. The van der Waals surface area contributed by atoms with Gasteiger partial charge < -0.3 is 14.4 Å². The number of ether oxygens (including phenoxy) is 1. The maximum absolute atomic E-state index is 12.4. The van der Waals surface area contributed by atoms with Crippen LogP contribution in [0.2, 0.25) is 0 Å². The molecule has 1 N–H and O–H groups in total. The lowest BCUT2D eigenvalue weighted by Gasteiger charge is -2.31. The summed E-state index contributed by atoms with van der Waals surface area (Å²) in [6.07, 6.45) is 4.01. The lowest BCUT2D eigenvalue weighted by Crippen LogP contribution is -2.42.